The highest BCUT2D eigenvalue weighted by atomic mass is 32.1. The van der Waals surface area contributed by atoms with Gasteiger partial charge >= 0.3 is 0 Å². The van der Waals surface area contributed by atoms with Gasteiger partial charge in [0, 0.05) is 0 Å². The molecule has 0 saturated carbocycles. The Morgan fingerprint density at radius 1 is 1.83 bits per heavy atom. The Morgan fingerprint density at radius 2 is 2.58 bits per heavy atom. The van der Waals surface area contributed by atoms with Crippen molar-refractivity contribution in [3.63, 3.8) is 0 Å². The zero-order chi connectivity index (χ0) is 8.97. The monoisotopic (exact) mass is 182 g/mol. The third-order valence-electron chi connectivity index (χ3n) is 1.52. The molecule has 5 heteroatoms. The van der Waals surface area contributed by atoms with Crippen LogP contribution in [0.2, 0.25) is 0 Å². The van der Waals surface area contributed by atoms with Crippen molar-refractivity contribution in [2.24, 2.45) is 5.84 Å². The standard InChI is InChI=1S/C7H10N4S/c1-3-5(9-8)7-6(4-2)10-11-12-7/h1,5,9H,4,8H2,2H3. The summed E-state index contributed by atoms with van der Waals surface area (Å²) >= 11 is 1.29. The summed E-state index contributed by atoms with van der Waals surface area (Å²) in [6.07, 6.45) is 6.08. The van der Waals surface area contributed by atoms with E-state index in [1.165, 1.54) is 11.5 Å². The first-order chi connectivity index (χ1) is 5.83. The molecule has 0 aliphatic rings. The lowest BCUT2D eigenvalue weighted by Gasteiger charge is -2.05. The van der Waals surface area contributed by atoms with Gasteiger partial charge in [0.1, 0.15) is 6.04 Å². The predicted octanol–water partition coefficient (Wildman–Crippen LogP) is 0.238. The molecule has 1 unspecified atom stereocenters. The van der Waals surface area contributed by atoms with Crippen LogP contribution in [0.25, 0.3) is 0 Å². The summed E-state index contributed by atoms with van der Waals surface area (Å²) in [4.78, 5) is 0.933. The van der Waals surface area contributed by atoms with Gasteiger partial charge in [-0.2, -0.15) is 0 Å². The van der Waals surface area contributed by atoms with Gasteiger partial charge < -0.3 is 0 Å². The minimum absolute atomic E-state index is 0.264. The van der Waals surface area contributed by atoms with Crippen LogP contribution in [0.1, 0.15) is 23.5 Å². The van der Waals surface area contributed by atoms with Gasteiger partial charge in [-0.1, -0.05) is 17.3 Å². The first-order valence-corrected chi connectivity index (χ1v) is 4.34. The van der Waals surface area contributed by atoms with E-state index in [4.69, 9.17) is 12.3 Å². The van der Waals surface area contributed by atoms with E-state index in [2.05, 4.69) is 20.9 Å². The van der Waals surface area contributed by atoms with E-state index in [-0.39, 0.29) is 6.04 Å². The van der Waals surface area contributed by atoms with Gasteiger partial charge in [0.15, 0.2) is 0 Å². The average Bonchev–Trinajstić information content (AvgIpc) is 2.55. The van der Waals surface area contributed by atoms with E-state index >= 15 is 0 Å². The molecule has 1 atom stereocenters. The lowest BCUT2D eigenvalue weighted by atomic mass is 10.2. The number of nitrogens with zero attached hydrogens (tertiary/aromatic N) is 2. The molecule has 0 aliphatic carbocycles. The van der Waals surface area contributed by atoms with Crippen LogP contribution in [0.3, 0.4) is 0 Å². The maximum atomic E-state index is 5.26. The number of rotatable bonds is 3. The SMILES string of the molecule is C#CC(NN)c1snnc1CC. The molecule has 1 aromatic heterocycles. The molecular weight excluding hydrogens is 172 g/mol. The molecule has 0 fully saturated rings. The molecule has 0 saturated heterocycles. The first kappa shape index (κ1) is 9.13. The molecule has 12 heavy (non-hydrogen) atoms. The minimum atomic E-state index is -0.264. The molecule has 4 nitrogen and oxygen atoms in total. The fraction of sp³-hybridized carbons (Fsp3) is 0.429. The lowest BCUT2D eigenvalue weighted by Crippen LogP contribution is -2.26. The fourth-order valence-electron chi connectivity index (χ4n) is 0.879. The quantitative estimate of drug-likeness (QED) is 0.399. The molecule has 1 aromatic rings. The Balaban J connectivity index is 2.93. The zero-order valence-electron chi connectivity index (χ0n) is 6.74. The summed E-state index contributed by atoms with van der Waals surface area (Å²) in [7, 11) is 0. The number of nitrogens with two attached hydrogens (primary N) is 1. The molecule has 3 N–H and O–H groups in total. The van der Waals surface area contributed by atoms with Crippen LogP contribution < -0.4 is 11.3 Å². The van der Waals surface area contributed by atoms with Crippen molar-refractivity contribution in [1.82, 2.24) is 15.0 Å². The topological polar surface area (TPSA) is 63.8 Å². The summed E-state index contributed by atoms with van der Waals surface area (Å²) in [6, 6.07) is -0.264. The second-order valence-electron chi connectivity index (χ2n) is 2.20. The third kappa shape index (κ3) is 1.61. The van der Waals surface area contributed by atoms with Gasteiger partial charge in [-0.15, -0.1) is 11.5 Å². The maximum absolute atomic E-state index is 5.26. The third-order valence-corrected chi connectivity index (χ3v) is 2.35. The average molecular weight is 182 g/mol. The van der Waals surface area contributed by atoms with Gasteiger partial charge in [-0.25, -0.2) is 5.43 Å². The number of aromatic nitrogens is 2. The Bertz CT molecular complexity index is 288. The lowest BCUT2D eigenvalue weighted by molar-refractivity contribution is 0.675. The van der Waals surface area contributed by atoms with E-state index in [1.54, 1.807) is 0 Å². The largest absolute Gasteiger partial charge is 0.270 e. The normalized spacial score (nSPS) is 12.4. The molecule has 0 spiro atoms. The zero-order valence-corrected chi connectivity index (χ0v) is 7.56. The summed E-state index contributed by atoms with van der Waals surface area (Å²) in [6.45, 7) is 2.00. The Kier molecular flexibility index (Phi) is 3.17. The van der Waals surface area contributed by atoms with Gasteiger partial charge in [-0.3, -0.25) is 5.84 Å². The number of terminal acetylenes is 1. The van der Waals surface area contributed by atoms with Crippen LogP contribution in [-0.4, -0.2) is 9.59 Å². The van der Waals surface area contributed by atoms with Crippen LogP contribution in [0.5, 0.6) is 0 Å². The summed E-state index contributed by atoms with van der Waals surface area (Å²) < 4.78 is 3.81. The van der Waals surface area contributed by atoms with Crippen LogP contribution in [0.4, 0.5) is 0 Å². The van der Waals surface area contributed by atoms with Crippen LogP contribution in [-0.2, 0) is 6.42 Å². The van der Waals surface area contributed by atoms with Gasteiger partial charge in [0.05, 0.1) is 10.6 Å². The number of hydrazine groups is 1. The molecule has 0 aliphatic heterocycles. The number of aryl methyl sites for hydroxylation is 1. The van der Waals surface area contributed by atoms with E-state index < -0.39 is 0 Å². The van der Waals surface area contributed by atoms with Crippen molar-refractivity contribution in [1.29, 1.82) is 0 Å². The predicted molar refractivity (Wildman–Crippen MR) is 48.2 cm³/mol. The van der Waals surface area contributed by atoms with Crippen molar-refractivity contribution in [3.8, 4) is 12.3 Å². The van der Waals surface area contributed by atoms with Crippen LogP contribution in [0, 0.1) is 12.3 Å². The molecule has 0 bridgehead atoms. The second kappa shape index (κ2) is 4.16. The van der Waals surface area contributed by atoms with Crippen molar-refractivity contribution in [3.05, 3.63) is 10.6 Å². The molecule has 0 aromatic carbocycles. The maximum Gasteiger partial charge on any atom is 0.119 e. The van der Waals surface area contributed by atoms with Crippen molar-refractivity contribution < 1.29 is 0 Å². The number of hydrogen-bond donors (Lipinski definition) is 2. The first-order valence-electron chi connectivity index (χ1n) is 3.56. The Labute approximate surface area is 75.3 Å². The van der Waals surface area contributed by atoms with Crippen molar-refractivity contribution >= 4 is 11.5 Å². The second-order valence-corrected chi connectivity index (χ2v) is 2.99. The van der Waals surface area contributed by atoms with Gasteiger partial charge in [0.25, 0.3) is 0 Å². The number of hydrogen-bond acceptors (Lipinski definition) is 5. The van der Waals surface area contributed by atoms with E-state index in [0.717, 1.165) is 17.0 Å². The highest BCUT2D eigenvalue weighted by molar-refractivity contribution is 7.05. The molecular formula is C7H10N4S. The highest BCUT2D eigenvalue weighted by Gasteiger charge is 2.13. The summed E-state index contributed by atoms with van der Waals surface area (Å²) in [5, 5.41) is 3.93. The summed E-state index contributed by atoms with van der Waals surface area (Å²) in [5.74, 6) is 7.78. The molecule has 0 amide bonds. The molecule has 64 valence electrons. The fourth-order valence-corrected chi connectivity index (χ4v) is 1.64. The molecule has 1 rings (SSSR count). The van der Waals surface area contributed by atoms with Crippen LogP contribution in [0.15, 0.2) is 0 Å². The number of nitrogens with one attached hydrogen (secondary N) is 1. The highest BCUT2D eigenvalue weighted by Crippen LogP contribution is 2.19. The Hall–Kier alpha value is -0.960. The summed E-state index contributed by atoms with van der Waals surface area (Å²) in [5.41, 5.74) is 3.44. The van der Waals surface area contributed by atoms with Crippen molar-refractivity contribution in [2.75, 3.05) is 0 Å². The molecule has 1 heterocycles. The van der Waals surface area contributed by atoms with Gasteiger partial charge in [0.2, 0.25) is 0 Å². The van der Waals surface area contributed by atoms with Gasteiger partial charge in [-0.05, 0) is 18.0 Å². The van der Waals surface area contributed by atoms with E-state index in [9.17, 15) is 0 Å². The smallest absolute Gasteiger partial charge is 0.119 e. The molecule has 0 radical (unpaired) electrons. The van der Waals surface area contributed by atoms with Crippen molar-refractivity contribution in [2.45, 2.75) is 19.4 Å². The Morgan fingerprint density at radius 3 is 3.08 bits per heavy atom. The minimum Gasteiger partial charge on any atom is -0.270 e. The van der Waals surface area contributed by atoms with Crippen LogP contribution >= 0.6 is 11.5 Å². The van der Waals surface area contributed by atoms with E-state index in [1.807, 2.05) is 6.92 Å². The van der Waals surface area contributed by atoms with E-state index in [0.29, 0.717) is 0 Å².